The summed E-state index contributed by atoms with van der Waals surface area (Å²) in [5, 5.41) is 13.8. The molecule has 0 aromatic heterocycles. The Morgan fingerprint density at radius 3 is 2.32 bits per heavy atom. The van der Waals surface area contributed by atoms with Crippen LogP contribution in [0.4, 0.5) is 17.6 Å². The van der Waals surface area contributed by atoms with Crippen LogP contribution < -0.4 is 14.8 Å². The van der Waals surface area contributed by atoms with Gasteiger partial charge in [-0.05, 0) is 23.8 Å². The summed E-state index contributed by atoms with van der Waals surface area (Å²) >= 11 is 0. The van der Waals surface area contributed by atoms with Crippen molar-refractivity contribution in [3.8, 4) is 17.2 Å². The van der Waals surface area contributed by atoms with Gasteiger partial charge in [0, 0.05) is 37.8 Å². The predicted octanol–water partition coefficient (Wildman–Crippen LogP) is 3.43. The highest BCUT2D eigenvalue weighted by Crippen LogP contribution is 2.40. The van der Waals surface area contributed by atoms with Gasteiger partial charge in [0.15, 0.2) is 11.5 Å². The minimum atomic E-state index is -4.78. The third-order valence-electron chi connectivity index (χ3n) is 4.53. The third kappa shape index (κ3) is 4.66. The van der Waals surface area contributed by atoms with Crippen LogP contribution in [0.15, 0.2) is 36.4 Å². The monoisotopic (exact) mass is 400 g/mol. The summed E-state index contributed by atoms with van der Waals surface area (Å²) in [6, 6.07) is 7.08. The van der Waals surface area contributed by atoms with Crippen LogP contribution in [0.25, 0.3) is 0 Å². The van der Waals surface area contributed by atoms with Gasteiger partial charge in [0.2, 0.25) is 0 Å². The molecule has 2 aromatic rings. The Morgan fingerprint density at radius 2 is 1.75 bits per heavy atom. The number of rotatable bonds is 5. The van der Waals surface area contributed by atoms with E-state index in [0.717, 1.165) is 6.07 Å². The second kappa shape index (κ2) is 8.24. The van der Waals surface area contributed by atoms with Gasteiger partial charge >= 0.3 is 6.36 Å². The van der Waals surface area contributed by atoms with Crippen LogP contribution in [-0.2, 0) is 0 Å². The van der Waals surface area contributed by atoms with Gasteiger partial charge in [-0.1, -0.05) is 12.1 Å². The van der Waals surface area contributed by atoms with Crippen molar-refractivity contribution in [1.29, 1.82) is 0 Å². The standard InChI is InChI=1S/C19H20F4N2O3/c1-27-16-11-13(20)10-15(18(16)26)17(25-8-6-24-7-9-25)12-2-4-14(5-3-12)28-19(21,22)23/h2-5,10-11,17,24,26H,6-9H2,1H3/t17-/m0/s1. The molecule has 1 atom stereocenters. The molecule has 2 N–H and O–H groups in total. The number of hydrogen-bond donors (Lipinski definition) is 2. The summed E-state index contributed by atoms with van der Waals surface area (Å²) in [4.78, 5) is 2.02. The van der Waals surface area contributed by atoms with Crippen LogP contribution in [0.1, 0.15) is 17.2 Å². The fourth-order valence-corrected chi connectivity index (χ4v) is 3.34. The average molecular weight is 400 g/mol. The lowest BCUT2D eigenvalue weighted by atomic mass is 9.95. The van der Waals surface area contributed by atoms with Crippen LogP contribution in [-0.4, -0.2) is 49.7 Å². The quantitative estimate of drug-likeness (QED) is 0.754. The smallest absolute Gasteiger partial charge is 0.504 e. The fraction of sp³-hybridized carbons (Fsp3) is 0.368. The Kier molecular flexibility index (Phi) is 5.95. The van der Waals surface area contributed by atoms with Gasteiger partial charge in [0.05, 0.1) is 13.2 Å². The van der Waals surface area contributed by atoms with Crippen molar-refractivity contribution in [1.82, 2.24) is 10.2 Å². The normalized spacial score (nSPS) is 16.6. The van der Waals surface area contributed by atoms with E-state index in [1.165, 1.54) is 37.4 Å². The minimum Gasteiger partial charge on any atom is -0.504 e. The summed E-state index contributed by atoms with van der Waals surface area (Å²) in [6.07, 6.45) is -4.78. The molecule has 0 saturated carbocycles. The fourth-order valence-electron chi connectivity index (χ4n) is 3.34. The molecule has 0 unspecified atom stereocenters. The summed E-state index contributed by atoms with van der Waals surface area (Å²) in [7, 11) is 1.32. The molecule has 1 saturated heterocycles. The molecule has 28 heavy (non-hydrogen) atoms. The van der Waals surface area contributed by atoms with E-state index in [-0.39, 0.29) is 22.8 Å². The van der Waals surface area contributed by atoms with Gasteiger partial charge in [-0.2, -0.15) is 0 Å². The van der Waals surface area contributed by atoms with Crippen LogP contribution in [0.2, 0.25) is 0 Å². The van der Waals surface area contributed by atoms with Crippen LogP contribution >= 0.6 is 0 Å². The highest BCUT2D eigenvalue weighted by molar-refractivity contribution is 5.50. The molecule has 0 amide bonds. The largest absolute Gasteiger partial charge is 0.573 e. The molecule has 1 aliphatic rings. The SMILES string of the molecule is COc1cc(F)cc([C@H](c2ccc(OC(F)(F)F)cc2)N2CCNCC2)c1O. The zero-order valence-corrected chi connectivity index (χ0v) is 15.1. The Hall–Kier alpha value is -2.52. The number of nitrogens with zero attached hydrogens (tertiary/aromatic N) is 1. The lowest BCUT2D eigenvalue weighted by molar-refractivity contribution is -0.274. The number of phenols is 1. The molecule has 3 rings (SSSR count). The lowest BCUT2D eigenvalue weighted by Gasteiger charge is -2.36. The number of methoxy groups -OCH3 is 1. The first-order chi connectivity index (χ1) is 13.3. The Morgan fingerprint density at radius 1 is 1.11 bits per heavy atom. The molecule has 5 nitrogen and oxygen atoms in total. The van der Waals surface area contributed by atoms with Gasteiger partial charge in [0.1, 0.15) is 11.6 Å². The van der Waals surface area contributed by atoms with E-state index in [1.54, 1.807) is 0 Å². The molecule has 9 heteroatoms. The molecule has 1 heterocycles. The van der Waals surface area contributed by atoms with E-state index < -0.39 is 18.2 Å². The molecule has 1 aliphatic heterocycles. The van der Waals surface area contributed by atoms with Gasteiger partial charge in [-0.3, -0.25) is 4.90 Å². The van der Waals surface area contributed by atoms with E-state index in [2.05, 4.69) is 10.1 Å². The molecule has 0 radical (unpaired) electrons. The van der Waals surface area contributed by atoms with Crippen LogP contribution in [0.5, 0.6) is 17.2 Å². The Bertz CT molecular complexity index is 806. The first-order valence-electron chi connectivity index (χ1n) is 8.65. The van der Waals surface area contributed by atoms with E-state index in [1.807, 2.05) is 4.90 Å². The zero-order chi connectivity index (χ0) is 20.3. The summed E-state index contributed by atoms with van der Waals surface area (Å²) < 4.78 is 60.3. The van der Waals surface area contributed by atoms with E-state index >= 15 is 0 Å². The highest BCUT2D eigenvalue weighted by Gasteiger charge is 2.32. The number of halogens is 4. The van der Waals surface area contributed by atoms with Crippen LogP contribution in [0.3, 0.4) is 0 Å². The summed E-state index contributed by atoms with van der Waals surface area (Å²) in [5.74, 6) is -1.15. The molecule has 0 spiro atoms. The van der Waals surface area contributed by atoms with E-state index in [9.17, 15) is 22.7 Å². The molecule has 2 aromatic carbocycles. The Labute approximate surface area is 159 Å². The topological polar surface area (TPSA) is 54.0 Å². The minimum absolute atomic E-state index is 0.00726. The number of piperazine rings is 1. The number of hydrogen-bond acceptors (Lipinski definition) is 5. The lowest BCUT2D eigenvalue weighted by Crippen LogP contribution is -2.45. The van der Waals surface area contributed by atoms with Crippen molar-refractivity contribution in [2.75, 3.05) is 33.3 Å². The third-order valence-corrected chi connectivity index (χ3v) is 4.53. The highest BCUT2D eigenvalue weighted by atomic mass is 19.4. The number of phenolic OH excluding ortho intramolecular Hbond substituents is 1. The molecule has 1 fully saturated rings. The van der Waals surface area contributed by atoms with Crippen molar-refractivity contribution >= 4 is 0 Å². The first-order valence-corrected chi connectivity index (χ1v) is 8.65. The maximum Gasteiger partial charge on any atom is 0.573 e. The maximum atomic E-state index is 14.1. The second-order valence-electron chi connectivity index (χ2n) is 6.35. The summed E-state index contributed by atoms with van der Waals surface area (Å²) in [6.45, 7) is 2.62. The zero-order valence-electron chi connectivity index (χ0n) is 15.1. The van der Waals surface area contributed by atoms with Crippen molar-refractivity contribution in [2.24, 2.45) is 0 Å². The van der Waals surface area contributed by atoms with Gasteiger partial charge in [0.25, 0.3) is 0 Å². The van der Waals surface area contributed by atoms with Gasteiger partial charge in [-0.15, -0.1) is 13.2 Å². The molecular weight excluding hydrogens is 380 g/mol. The molecule has 0 aliphatic carbocycles. The first kappa shape index (κ1) is 20.2. The predicted molar refractivity (Wildman–Crippen MR) is 94.0 cm³/mol. The van der Waals surface area contributed by atoms with E-state index in [0.29, 0.717) is 31.7 Å². The molecule has 0 bridgehead atoms. The van der Waals surface area contributed by atoms with Crippen LogP contribution in [0, 0.1) is 5.82 Å². The van der Waals surface area contributed by atoms with Crippen molar-refractivity contribution in [3.05, 3.63) is 53.3 Å². The number of benzene rings is 2. The maximum absolute atomic E-state index is 14.1. The Balaban J connectivity index is 2.02. The van der Waals surface area contributed by atoms with Crippen molar-refractivity contribution < 1.29 is 32.1 Å². The average Bonchev–Trinajstić information content (AvgIpc) is 2.65. The number of nitrogens with one attached hydrogen (secondary N) is 1. The summed E-state index contributed by atoms with van der Waals surface area (Å²) in [5.41, 5.74) is 0.877. The van der Waals surface area contributed by atoms with Crippen molar-refractivity contribution in [3.63, 3.8) is 0 Å². The van der Waals surface area contributed by atoms with Crippen molar-refractivity contribution in [2.45, 2.75) is 12.4 Å². The number of ether oxygens (including phenoxy) is 2. The number of alkyl halides is 3. The molecule has 152 valence electrons. The van der Waals surface area contributed by atoms with Gasteiger partial charge < -0.3 is 19.9 Å². The van der Waals surface area contributed by atoms with E-state index in [4.69, 9.17) is 4.74 Å². The molecular formula is C19H20F4N2O3. The number of aromatic hydroxyl groups is 1. The second-order valence-corrected chi connectivity index (χ2v) is 6.35. The van der Waals surface area contributed by atoms with Gasteiger partial charge in [-0.25, -0.2) is 4.39 Å².